The van der Waals surface area contributed by atoms with Crippen LogP contribution in [-0.4, -0.2) is 29.3 Å². The van der Waals surface area contributed by atoms with Crippen LogP contribution in [0.4, 0.5) is 13.2 Å². The van der Waals surface area contributed by atoms with Crippen LogP contribution in [0.15, 0.2) is 29.0 Å². The largest absolute Gasteiger partial charge is 0.471 e. The van der Waals surface area contributed by atoms with Gasteiger partial charge in [-0.15, -0.1) is 0 Å². The Hall–Kier alpha value is -1.89. The fourth-order valence-corrected chi connectivity index (χ4v) is 2.72. The number of rotatable bonds is 0. The van der Waals surface area contributed by atoms with Gasteiger partial charge in [0.05, 0.1) is 0 Å². The maximum absolute atomic E-state index is 12.6. The molecule has 1 aromatic rings. The number of ketones is 1. The van der Waals surface area contributed by atoms with Crippen molar-refractivity contribution in [1.29, 1.82) is 0 Å². The zero-order valence-electron chi connectivity index (χ0n) is 10.9. The Morgan fingerprint density at radius 3 is 2.67 bits per heavy atom. The van der Waals surface area contributed by atoms with Crippen molar-refractivity contribution in [3.63, 3.8) is 0 Å². The van der Waals surface area contributed by atoms with Crippen LogP contribution in [0.3, 0.4) is 0 Å². The lowest BCUT2D eigenvalue weighted by Crippen LogP contribution is -2.41. The number of carbonyl (C=O) groups is 2. The molecule has 1 aliphatic heterocycles. The topological polar surface area (TPSA) is 37.4 Å². The van der Waals surface area contributed by atoms with Crippen LogP contribution in [0.1, 0.15) is 17.5 Å². The van der Waals surface area contributed by atoms with Crippen molar-refractivity contribution in [2.75, 3.05) is 6.54 Å². The minimum Gasteiger partial charge on any atom is -0.330 e. The summed E-state index contributed by atoms with van der Waals surface area (Å²) in [5.41, 5.74) is 1.26. The first-order chi connectivity index (χ1) is 9.88. The Kier molecular flexibility index (Phi) is 4.62. The molecular weight excluding hydrogens is 303 g/mol. The van der Waals surface area contributed by atoms with Crippen molar-refractivity contribution in [1.82, 2.24) is 4.90 Å². The smallest absolute Gasteiger partial charge is 0.330 e. The number of hydrogen-bond acceptors (Lipinski definition) is 3. The summed E-state index contributed by atoms with van der Waals surface area (Å²) in [6.07, 6.45) is 0.988. The molecule has 3 nitrogen and oxygen atoms in total. The second-order valence-corrected chi connectivity index (χ2v) is 5.25. The van der Waals surface area contributed by atoms with Crippen molar-refractivity contribution >= 4 is 29.1 Å². The van der Waals surface area contributed by atoms with Crippen molar-refractivity contribution in [3.8, 4) is 0 Å². The number of carbonyl (C=O) groups excluding carboxylic acids is 2. The molecule has 0 spiro atoms. The SMILES string of the molecule is O=C1/C=C\CCN(C(=O)C(F)(F)F)Cc2cscc2/C=C\1. The van der Waals surface area contributed by atoms with Crippen molar-refractivity contribution in [2.24, 2.45) is 0 Å². The number of hydrogen-bond donors (Lipinski definition) is 0. The van der Waals surface area contributed by atoms with E-state index in [4.69, 9.17) is 0 Å². The van der Waals surface area contributed by atoms with Crippen LogP contribution in [-0.2, 0) is 16.1 Å². The maximum Gasteiger partial charge on any atom is 0.471 e. The Balaban J connectivity index is 2.32. The molecule has 2 rings (SSSR count). The summed E-state index contributed by atoms with van der Waals surface area (Å²) in [5.74, 6) is -2.09. The van der Waals surface area contributed by atoms with Gasteiger partial charge in [-0.25, -0.2) is 0 Å². The zero-order chi connectivity index (χ0) is 15.5. The van der Waals surface area contributed by atoms with Crippen LogP contribution < -0.4 is 0 Å². The first kappa shape index (κ1) is 15.5. The second kappa shape index (κ2) is 6.26. The van der Waals surface area contributed by atoms with Crippen molar-refractivity contribution < 1.29 is 22.8 Å². The minimum absolute atomic E-state index is 0.0859. The molecule has 1 amide bonds. The lowest BCUT2D eigenvalue weighted by Gasteiger charge is -2.23. The lowest BCUT2D eigenvalue weighted by atomic mass is 10.1. The lowest BCUT2D eigenvalue weighted by molar-refractivity contribution is -0.186. The Labute approximate surface area is 123 Å². The minimum atomic E-state index is -4.90. The summed E-state index contributed by atoms with van der Waals surface area (Å²) < 4.78 is 37.9. The molecule has 2 heterocycles. The van der Waals surface area contributed by atoms with E-state index in [9.17, 15) is 22.8 Å². The van der Waals surface area contributed by atoms with Gasteiger partial charge in [-0.1, -0.05) is 6.08 Å². The molecule has 0 saturated heterocycles. The van der Waals surface area contributed by atoms with Gasteiger partial charge in [-0.3, -0.25) is 9.59 Å². The van der Waals surface area contributed by atoms with E-state index in [1.54, 1.807) is 16.8 Å². The summed E-state index contributed by atoms with van der Waals surface area (Å²) in [4.78, 5) is 23.7. The molecule has 0 fully saturated rings. The number of allylic oxidation sites excluding steroid dienone is 2. The van der Waals surface area contributed by atoms with Gasteiger partial charge in [0, 0.05) is 13.1 Å². The quantitative estimate of drug-likeness (QED) is 0.737. The second-order valence-electron chi connectivity index (χ2n) is 4.50. The molecular formula is C14H12F3NO2S. The predicted molar refractivity (Wildman–Crippen MR) is 73.6 cm³/mol. The van der Waals surface area contributed by atoms with Gasteiger partial charge >= 0.3 is 12.1 Å². The molecule has 0 aliphatic carbocycles. The molecule has 1 aromatic heterocycles. The normalized spacial score (nSPS) is 19.6. The van der Waals surface area contributed by atoms with E-state index in [-0.39, 0.29) is 25.3 Å². The highest BCUT2D eigenvalue weighted by molar-refractivity contribution is 7.08. The number of amides is 1. The monoisotopic (exact) mass is 315 g/mol. The number of thiophene rings is 1. The highest BCUT2D eigenvalue weighted by atomic mass is 32.1. The van der Waals surface area contributed by atoms with Crippen LogP contribution in [0.25, 0.3) is 6.08 Å². The van der Waals surface area contributed by atoms with Crippen LogP contribution in [0.5, 0.6) is 0 Å². The van der Waals surface area contributed by atoms with E-state index in [1.165, 1.54) is 29.6 Å². The molecule has 0 unspecified atom stereocenters. The van der Waals surface area contributed by atoms with Crippen LogP contribution >= 0.6 is 11.3 Å². The molecule has 0 radical (unpaired) electrons. The van der Waals surface area contributed by atoms with E-state index >= 15 is 0 Å². The van der Waals surface area contributed by atoms with Gasteiger partial charge in [0.25, 0.3) is 0 Å². The molecule has 21 heavy (non-hydrogen) atoms. The Morgan fingerprint density at radius 2 is 1.95 bits per heavy atom. The number of halogens is 3. The third-order valence-electron chi connectivity index (χ3n) is 2.94. The molecule has 112 valence electrons. The maximum atomic E-state index is 12.6. The highest BCUT2D eigenvalue weighted by Crippen LogP contribution is 2.24. The summed E-state index contributed by atoms with van der Waals surface area (Å²) in [6.45, 7) is -0.207. The van der Waals surface area contributed by atoms with E-state index in [0.717, 1.165) is 4.90 Å². The molecule has 0 aromatic carbocycles. The first-order valence-corrected chi connectivity index (χ1v) is 7.12. The van der Waals surface area contributed by atoms with Gasteiger partial charge in [-0.05, 0) is 46.5 Å². The van der Waals surface area contributed by atoms with Crippen molar-refractivity contribution in [3.05, 3.63) is 40.1 Å². The molecule has 7 heteroatoms. The third-order valence-corrected chi connectivity index (χ3v) is 3.75. The summed E-state index contributed by atoms with van der Waals surface area (Å²) in [5, 5.41) is 3.42. The number of fused-ring (bicyclic) bond motifs is 1. The summed E-state index contributed by atoms with van der Waals surface area (Å²) in [7, 11) is 0. The molecule has 0 atom stereocenters. The van der Waals surface area contributed by atoms with Gasteiger partial charge in [0.1, 0.15) is 0 Å². The number of nitrogens with zero attached hydrogens (tertiary/aromatic N) is 1. The molecule has 0 saturated carbocycles. The Morgan fingerprint density at radius 1 is 1.19 bits per heavy atom. The van der Waals surface area contributed by atoms with E-state index in [1.807, 2.05) is 0 Å². The summed E-state index contributed by atoms with van der Waals surface area (Å²) >= 11 is 1.32. The van der Waals surface area contributed by atoms with Gasteiger partial charge in [0.2, 0.25) is 0 Å². The van der Waals surface area contributed by atoms with Gasteiger partial charge < -0.3 is 4.90 Å². The third kappa shape index (κ3) is 4.04. The van der Waals surface area contributed by atoms with Crippen LogP contribution in [0.2, 0.25) is 0 Å². The van der Waals surface area contributed by atoms with E-state index in [2.05, 4.69) is 0 Å². The fourth-order valence-electron chi connectivity index (χ4n) is 1.90. The summed E-state index contributed by atoms with van der Waals surface area (Å²) in [6, 6.07) is 0. The Bertz CT molecular complexity index is 602. The average molecular weight is 315 g/mol. The average Bonchev–Trinajstić information content (AvgIpc) is 2.83. The molecule has 1 aliphatic rings. The van der Waals surface area contributed by atoms with Gasteiger partial charge in [-0.2, -0.15) is 24.5 Å². The zero-order valence-corrected chi connectivity index (χ0v) is 11.7. The predicted octanol–water partition coefficient (Wildman–Crippen LogP) is 3.18. The molecule has 0 bridgehead atoms. The van der Waals surface area contributed by atoms with E-state index < -0.39 is 12.1 Å². The first-order valence-electron chi connectivity index (χ1n) is 6.17. The molecule has 0 N–H and O–H groups in total. The highest BCUT2D eigenvalue weighted by Gasteiger charge is 2.42. The fraction of sp³-hybridized carbons (Fsp3) is 0.286. The van der Waals surface area contributed by atoms with E-state index in [0.29, 0.717) is 11.1 Å². The van der Waals surface area contributed by atoms with Gasteiger partial charge in [0.15, 0.2) is 5.78 Å². The van der Waals surface area contributed by atoms with Crippen molar-refractivity contribution in [2.45, 2.75) is 19.1 Å². The van der Waals surface area contributed by atoms with Crippen LogP contribution in [0, 0.1) is 0 Å². The number of alkyl halides is 3. The standard InChI is InChI=1S/C14H12F3NO2S/c15-14(16,17)13(20)18-6-2-1-3-12(19)5-4-10-8-21-9-11(10)7-18/h1,3-5,8-9H,2,6-7H2/b3-1-,5-4-.